The number of hydrogen-bond acceptors (Lipinski definition) is 4. The van der Waals surface area contributed by atoms with Crippen LogP contribution in [0.25, 0.3) is 0 Å². The molecule has 3 aromatic rings. The van der Waals surface area contributed by atoms with Crippen LogP contribution in [0.5, 0.6) is 0 Å². The first-order valence-electron chi connectivity index (χ1n) is 8.50. The third-order valence-corrected chi connectivity index (χ3v) is 5.89. The Hall–Kier alpha value is -2.51. The van der Waals surface area contributed by atoms with E-state index in [1.165, 1.54) is 11.3 Å². The van der Waals surface area contributed by atoms with Crippen molar-refractivity contribution in [2.24, 2.45) is 0 Å². The second-order valence-electron chi connectivity index (χ2n) is 6.19. The molecule has 1 aliphatic rings. The molecule has 136 valence electrons. The standard InChI is InChI=1S/C20H16BrN3O2S/c21-15-8-6-13(7-9-15)18(25)23-20-22-16-10-11-24(12-17(16)27-20)19(26)14-4-2-1-3-5-14/h1-9H,10-12H2,(H,22,23,25). The predicted molar refractivity (Wildman–Crippen MR) is 109 cm³/mol. The third kappa shape index (κ3) is 3.94. The molecule has 0 unspecified atom stereocenters. The Labute approximate surface area is 169 Å². The molecular formula is C20H16BrN3O2S. The largest absolute Gasteiger partial charge is 0.333 e. The number of amides is 2. The lowest BCUT2D eigenvalue weighted by Crippen LogP contribution is -2.35. The number of benzene rings is 2. The van der Waals surface area contributed by atoms with E-state index in [0.717, 1.165) is 15.0 Å². The van der Waals surface area contributed by atoms with Gasteiger partial charge in [0.2, 0.25) is 0 Å². The fourth-order valence-electron chi connectivity index (χ4n) is 2.96. The first-order valence-corrected chi connectivity index (χ1v) is 10.1. The average molecular weight is 442 g/mol. The summed E-state index contributed by atoms with van der Waals surface area (Å²) in [5.41, 5.74) is 2.23. The summed E-state index contributed by atoms with van der Waals surface area (Å²) in [5, 5.41) is 3.43. The number of hydrogen-bond donors (Lipinski definition) is 1. The van der Waals surface area contributed by atoms with Crippen molar-refractivity contribution in [3.05, 3.63) is 80.8 Å². The number of nitrogens with zero attached hydrogens (tertiary/aromatic N) is 2. The minimum atomic E-state index is -0.189. The van der Waals surface area contributed by atoms with Gasteiger partial charge in [-0.3, -0.25) is 14.9 Å². The van der Waals surface area contributed by atoms with Crippen LogP contribution in [0.15, 0.2) is 59.1 Å². The van der Waals surface area contributed by atoms with Crippen LogP contribution in [0.3, 0.4) is 0 Å². The van der Waals surface area contributed by atoms with Gasteiger partial charge >= 0.3 is 0 Å². The van der Waals surface area contributed by atoms with Crippen LogP contribution in [0.2, 0.25) is 0 Å². The van der Waals surface area contributed by atoms with Crippen molar-refractivity contribution in [3.8, 4) is 0 Å². The molecule has 5 nitrogen and oxygen atoms in total. The Balaban J connectivity index is 1.46. The SMILES string of the molecule is O=C(Nc1nc2c(s1)CN(C(=O)c1ccccc1)CC2)c1ccc(Br)cc1. The molecule has 0 saturated carbocycles. The quantitative estimate of drug-likeness (QED) is 0.656. The minimum Gasteiger partial charge on any atom is -0.333 e. The van der Waals surface area contributed by atoms with Crippen LogP contribution in [-0.2, 0) is 13.0 Å². The molecule has 4 rings (SSSR count). The van der Waals surface area contributed by atoms with Crippen LogP contribution >= 0.6 is 27.3 Å². The molecular weight excluding hydrogens is 426 g/mol. The number of carbonyl (C=O) groups is 2. The summed E-state index contributed by atoms with van der Waals surface area (Å²) in [6, 6.07) is 16.5. The molecule has 0 fully saturated rings. The van der Waals surface area contributed by atoms with Crippen LogP contribution in [0.4, 0.5) is 5.13 Å². The number of anilines is 1. The average Bonchev–Trinajstić information content (AvgIpc) is 3.10. The van der Waals surface area contributed by atoms with E-state index in [-0.39, 0.29) is 11.8 Å². The topological polar surface area (TPSA) is 62.3 Å². The van der Waals surface area contributed by atoms with Gasteiger partial charge in [0.25, 0.3) is 11.8 Å². The van der Waals surface area contributed by atoms with Crippen LogP contribution < -0.4 is 5.32 Å². The van der Waals surface area contributed by atoms with Crippen molar-refractivity contribution in [1.29, 1.82) is 0 Å². The molecule has 1 aliphatic heterocycles. The molecule has 7 heteroatoms. The highest BCUT2D eigenvalue weighted by molar-refractivity contribution is 9.10. The number of thiazole rings is 1. The van der Waals surface area contributed by atoms with Gasteiger partial charge in [-0.25, -0.2) is 4.98 Å². The molecule has 2 aromatic carbocycles. The number of carbonyl (C=O) groups excluding carboxylic acids is 2. The molecule has 0 aliphatic carbocycles. The second-order valence-corrected chi connectivity index (χ2v) is 8.19. The molecule has 2 amide bonds. The van der Waals surface area contributed by atoms with E-state index in [1.54, 1.807) is 12.1 Å². The van der Waals surface area contributed by atoms with Crippen molar-refractivity contribution < 1.29 is 9.59 Å². The van der Waals surface area contributed by atoms with Gasteiger partial charge in [-0.2, -0.15) is 0 Å². The smallest absolute Gasteiger partial charge is 0.257 e. The minimum absolute atomic E-state index is 0.0232. The van der Waals surface area contributed by atoms with Crippen molar-refractivity contribution in [1.82, 2.24) is 9.88 Å². The lowest BCUT2D eigenvalue weighted by molar-refractivity contribution is 0.0736. The van der Waals surface area contributed by atoms with E-state index in [2.05, 4.69) is 26.2 Å². The van der Waals surface area contributed by atoms with Gasteiger partial charge < -0.3 is 4.90 Å². The normalized spacial score (nSPS) is 13.1. The molecule has 0 atom stereocenters. The fraction of sp³-hybridized carbons (Fsp3) is 0.150. The molecule has 0 radical (unpaired) electrons. The van der Waals surface area contributed by atoms with Gasteiger partial charge in [0.05, 0.1) is 12.2 Å². The third-order valence-electron chi connectivity index (χ3n) is 4.37. The number of halogens is 1. The monoisotopic (exact) mass is 441 g/mol. The van der Waals surface area contributed by atoms with Crippen molar-refractivity contribution in [3.63, 3.8) is 0 Å². The molecule has 0 spiro atoms. The summed E-state index contributed by atoms with van der Waals surface area (Å²) < 4.78 is 0.923. The summed E-state index contributed by atoms with van der Waals surface area (Å²) >= 11 is 4.79. The van der Waals surface area contributed by atoms with Gasteiger partial charge in [-0.15, -0.1) is 0 Å². The van der Waals surface area contributed by atoms with Crippen LogP contribution in [-0.4, -0.2) is 28.2 Å². The maximum Gasteiger partial charge on any atom is 0.257 e. The highest BCUT2D eigenvalue weighted by Gasteiger charge is 2.25. The van der Waals surface area contributed by atoms with Crippen molar-refractivity contribution in [2.45, 2.75) is 13.0 Å². The van der Waals surface area contributed by atoms with Gasteiger partial charge in [0.1, 0.15) is 0 Å². The Morgan fingerprint density at radius 2 is 1.78 bits per heavy atom. The van der Waals surface area contributed by atoms with Gasteiger partial charge in [0.15, 0.2) is 5.13 Å². The van der Waals surface area contributed by atoms with E-state index in [0.29, 0.717) is 35.8 Å². The zero-order valence-electron chi connectivity index (χ0n) is 14.3. The fourth-order valence-corrected chi connectivity index (χ4v) is 4.24. The summed E-state index contributed by atoms with van der Waals surface area (Å²) in [6.45, 7) is 1.15. The molecule has 0 saturated heterocycles. The van der Waals surface area contributed by atoms with Crippen molar-refractivity contribution >= 4 is 44.2 Å². The van der Waals surface area contributed by atoms with Gasteiger partial charge in [-0.05, 0) is 36.4 Å². The maximum absolute atomic E-state index is 12.6. The van der Waals surface area contributed by atoms with Crippen molar-refractivity contribution in [2.75, 3.05) is 11.9 Å². The Morgan fingerprint density at radius 3 is 2.52 bits per heavy atom. The molecule has 1 aromatic heterocycles. The van der Waals surface area contributed by atoms with Gasteiger partial charge in [0, 0.05) is 33.4 Å². The predicted octanol–water partition coefficient (Wildman–Crippen LogP) is 4.36. The van der Waals surface area contributed by atoms with Crippen LogP contribution in [0, 0.1) is 0 Å². The van der Waals surface area contributed by atoms with E-state index in [9.17, 15) is 9.59 Å². The number of aromatic nitrogens is 1. The number of rotatable bonds is 3. The van der Waals surface area contributed by atoms with E-state index < -0.39 is 0 Å². The number of nitrogens with one attached hydrogen (secondary N) is 1. The summed E-state index contributed by atoms with van der Waals surface area (Å²) in [6.07, 6.45) is 0.693. The van der Waals surface area contributed by atoms with Crippen LogP contribution in [0.1, 0.15) is 31.3 Å². The first-order chi connectivity index (χ1) is 13.1. The van der Waals surface area contributed by atoms with E-state index in [4.69, 9.17) is 0 Å². The number of fused-ring (bicyclic) bond motifs is 1. The zero-order valence-corrected chi connectivity index (χ0v) is 16.7. The lowest BCUT2D eigenvalue weighted by Gasteiger charge is -2.26. The Morgan fingerprint density at radius 1 is 1.04 bits per heavy atom. The summed E-state index contributed by atoms with van der Waals surface area (Å²) in [7, 11) is 0. The maximum atomic E-state index is 12.6. The van der Waals surface area contributed by atoms with Gasteiger partial charge in [-0.1, -0.05) is 45.5 Å². The summed E-state index contributed by atoms with van der Waals surface area (Å²) in [4.78, 5) is 32.4. The lowest BCUT2D eigenvalue weighted by atomic mass is 10.1. The zero-order chi connectivity index (χ0) is 18.8. The molecule has 0 bridgehead atoms. The summed E-state index contributed by atoms with van der Waals surface area (Å²) in [5.74, 6) is -0.166. The molecule has 2 heterocycles. The first kappa shape index (κ1) is 17.9. The highest BCUT2D eigenvalue weighted by Crippen LogP contribution is 2.29. The second kappa shape index (κ2) is 7.62. The molecule has 1 N–H and O–H groups in total. The Kier molecular flexibility index (Phi) is 5.05. The van der Waals surface area contributed by atoms with E-state index >= 15 is 0 Å². The van der Waals surface area contributed by atoms with E-state index in [1.807, 2.05) is 47.4 Å². The highest BCUT2D eigenvalue weighted by atomic mass is 79.9. The molecule has 27 heavy (non-hydrogen) atoms. The Bertz CT molecular complexity index is 986.